The van der Waals surface area contributed by atoms with E-state index in [2.05, 4.69) is 25.3 Å². The number of aromatic amines is 1. The third-order valence-electron chi connectivity index (χ3n) is 1.55. The van der Waals surface area contributed by atoms with Gasteiger partial charge in [-0.25, -0.2) is 4.98 Å². The van der Waals surface area contributed by atoms with Gasteiger partial charge in [0.2, 0.25) is 11.7 Å². The molecule has 0 aromatic carbocycles. The molecule has 1 N–H and O–H groups in total. The Bertz CT molecular complexity index is 439. The largest absolute Gasteiger partial charge is 0.339 e. The molecule has 0 saturated heterocycles. The molecule has 0 fully saturated rings. The highest BCUT2D eigenvalue weighted by Crippen LogP contribution is 2.09. The Balaban J connectivity index is 2.15. The lowest BCUT2D eigenvalue weighted by atomic mass is 10.3. The minimum atomic E-state index is 0.357. The zero-order chi connectivity index (χ0) is 9.80. The predicted molar refractivity (Wildman–Crippen MR) is 43.6 cm³/mol. The quantitative estimate of drug-likeness (QED) is 0.746. The molecule has 7 nitrogen and oxygen atoms in total. The van der Waals surface area contributed by atoms with Crippen LogP contribution in [-0.4, -0.2) is 25.3 Å². The van der Waals surface area contributed by atoms with Gasteiger partial charge in [0.05, 0.1) is 6.07 Å². The summed E-state index contributed by atoms with van der Waals surface area (Å²) >= 11 is 0. The van der Waals surface area contributed by atoms with E-state index in [1.165, 1.54) is 6.33 Å². The molecule has 2 heterocycles. The molecule has 2 rings (SSSR count). The van der Waals surface area contributed by atoms with Crippen LogP contribution in [0, 0.1) is 11.3 Å². The highest BCUT2D eigenvalue weighted by Gasteiger charge is 2.09. The van der Waals surface area contributed by atoms with E-state index in [-0.39, 0.29) is 0 Å². The van der Waals surface area contributed by atoms with Crippen LogP contribution in [0.5, 0.6) is 0 Å². The average Bonchev–Trinajstić information content (AvgIpc) is 2.85. The second kappa shape index (κ2) is 3.66. The Labute approximate surface area is 78.8 Å². The van der Waals surface area contributed by atoms with Crippen LogP contribution in [0.3, 0.4) is 0 Å². The number of nitrogens with one attached hydrogen (secondary N) is 1. The maximum absolute atomic E-state index is 8.35. The van der Waals surface area contributed by atoms with Crippen molar-refractivity contribution in [2.24, 2.45) is 0 Å². The van der Waals surface area contributed by atoms with Gasteiger partial charge in [-0.05, 0) is 0 Å². The van der Waals surface area contributed by atoms with Crippen molar-refractivity contribution < 1.29 is 4.52 Å². The van der Waals surface area contributed by atoms with Crippen molar-refractivity contribution in [3.05, 3.63) is 12.2 Å². The van der Waals surface area contributed by atoms with Gasteiger partial charge in [-0.15, -0.1) is 0 Å². The maximum Gasteiger partial charge on any atom is 0.239 e. The molecule has 0 aliphatic heterocycles. The molecular formula is C7H6N6O. The molecule has 0 atom stereocenters. The molecule has 0 aliphatic carbocycles. The van der Waals surface area contributed by atoms with Crippen molar-refractivity contribution in [2.75, 3.05) is 0 Å². The van der Waals surface area contributed by atoms with Crippen molar-refractivity contribution in [1.82, 2.24) is 25.3 Å². The van der Waals surface area contributed by atoms with Crippen LogP contribution in [0.1, 0.15) is 12.3 Å². The highest BCUT2D eigenvalue weighted by atomic mass is 16.5. The summed E-state index contributed by atoms with van der Waals surface area (Å²) in [6.45, 7) is 0. The first-order chi connectivity index (χ1) is 6.90. The first-order valence-corrected chi connectivity index (χ1v) is 3.95. The van der Waals surface area contributed by atoms with Crippen LogP contribution < -0.4 is 0 Å². The summed E-state index contributed by atoms with van der Waals surface area (Å²) in [6.07, 6.45) is 2.18. The van der Waals surface area contributed by atoms with Gasteiger partial charge in [-0.2, -0.15) is 15.3 Å². The van der Waals surface area contributed by atoms with E-state index in [0.717, 1.165) is 0 Å². The van der Waals surface area contributed by atoms with Crippen LogP contribution in [0.25, 0.3) is 11.6 Å². The number of hydrogen-bond acceptors (Lipinski definition) is 6. The lowest BCUT2D eigenvalue weighted by molar-refractivity contribution is 0.379. The van der Waals surface area contributed by atoms with Gasteiger partial charge >= 0.3 is 0 Å². The molecule has 2 aromatic heterocycles. The normalized spacial score (nSPS) is 9.93. The van der Waals surface area contributed by atoms with Gasteiger partial charge in [0.25, 0.3) is 0 Å². The fraction of sp³-hybridized carbons (Fsp3) is 0.286. The number of nitriles is 1. The third-order valence-corrected chi connectivity index (χ3v) is 1.55. The molecule has 0 unspecified atom stereocenters. The van der Waals surface area contributed by atoms with Crippen LogP contribution in [0.15, 0.2) is 10.9 Å². The fourth-order valence-corrected chi connectivity index (χ4v) is 0.929. The maximum atomic E-state index is 8.35. The SMILES string of the molecule is N#CCCc1nc(-c2ncn[nH]2)no1. The number of H-pyrrole nitrogens is 1. The second-order valence-corrected chi connectivity index (χ2v) is 2.50. The van der Waals surface area contributed by atoms with Crippen LogP contribution >= 0.6 is 0 Å². The summed E-state index contributed by atoms with van der Waals surface area (Å²) in [7, 11) is 0. The molecule has 0 spiro atoms. The Hall–Kier alpha value is -2.23. The lowest BCUT2D eigenvalue weighted by Gasteiger charge is -1.82. The van der Waals surface area contributed by atoms with Crippen molar-refractivity contribution in [3.63, 3.8) is 0 Å². The van der Waals surface area contributed by atoms with Gasteiger partial charge in [-0.3, -0.25) is 5.10 Å². The molecular weight excluding hydrogens is 184 g/mol. The zero-order valence-electron chi connectivity index (χ0n) is 7.14. The Kier molecular flexibility index (Phi) is 2.19. The topological polar surface area (TPSA) is 104 Å². The number of hydrogen-bond donors (Lipinski definition) is 1. The first kappa shape index (κ1) is 8.37. The summed E-state index contributed by atoms with van der Waals surface area (Å²) in [5.41, 5.74) is 0. The van der Waals surface area contributed by atoms with Gasteiger partial charge in [0.15, 0.2) is 5.82 Å². The standard InChI is InChI=1S/C7H6N6O/c8-3-1-2-5-11-7(13-14-5)6-9-4-10-12-6/h4H,1-2H2,(H,9,10,12). The van der Waals surface area contributed by atoms with E-state index in [4.69, 9.17) is 9.78 Å². The molecule has 2 aromatic rings. The number of rotatable bonds is 3. The summed E-state index contributed by atoms with van der Waals surface area (Å²) in [6, 6.07) is 2.00. The van der Waals surface area contributed by atoms with Crippen molar-refractivity contribution in [3.8, 4) is 17.7 Å². The summed E-state index contributed by atoms with van der Waals surface area (Å²) < 4.78 is 4.89. The predicted octanol–water partition coefficient (Wildman–Crippen LogP) is 0.311. The van der Waals surface area contributed by atoms with E-state index < -0.39 is 0 Å². The van der Waals surface area contributed by atoms with E-state index in [0.29, 0.717) is 30.4 Å². The Morgan fingerprint density at radius 1 is 1.57 bits per heavy atom. The highest BCUT2D eigenvalue weighted by molar-refractivity contribution is 5.39. The molecule has 0 radical (unpaired) electrons. The van der Waals surface area contributed by atoms with Crippen molar-refractivity contribution in [2.45, 2.75) is 12.8 Å². The molecule has 14 heavy (non-hydrogen) atoms. The number of aryl methyl sites for hydroxylation is 1. The van der Waals surface area contributed by atoms with E-state index in [1.54, 1.807) is 0 Å². The smallest absolute Gasteiger partial charge is 0.239 e. The molecule has 7 heteroatoms. The number of aromatic nitrogens is 5. The minimum Gasteiger partial charge on any atom is -0.339 e. The van der Waals surface area contributed by atoms with Gasteiger partial charge in [0, 0.05) is 12.8 Å². The van der Waals surface area contributed by atoms with Gasteiger partial charge < -0.3 is 4.52 Å². The second-order valence-electron chi connectivity index (χ2n) is 2.50. The number of nitrogens with zero attached hydrogens (tertiary/aromatic N) is 5. The fourth-order valence-electron chi connectivity index (χ4n) is 0.929. The monoisotopic (exact) mass is 190 g/mol. The van der Waals surface area contributed by atoms with E-state index in [9.17, 15) is 0 Å². The van der Waals surface area contributed by atoms with Crippen LogP contribution in [0.2, 0.25) is 0 Å². The van der Waals surface area contributed by atoms with Crippen molar-refractivity contribution >= 4 is 0 Å². The first-order valence-electron chi connectivity index (χ1n) is 3.95. The third kappa shape index (κ3) is 1.59. The summed E-state index contributed by atoms with van der Waals surface area (Å²) in [5.74, 6) is 1.24. The van der Waals surface area contributed by atoms with Gasteiger partial charge in [0.1, 0.15) is 6.33 Å². The van der Waals surface area contributed by atoms with Crippen LogP contribution in [-0.2, 0) is 6.42 Å². The molecule has 0 aliphatic rings. The summed E-state index contributed by atoms with van der Waals surface area (Å²) in [5, 5.41) is 18.3. The van der Waals surface area contributed by atoms with E-state index >= 15 is 0 Å². The molecule has 0 amide bonds. The minimum absolute atomic E-state index is 0.357. The van der Waals surface area contributed by atoms with Crippen molar-refractivity contribution in [1.29, 1.82) is 5.26 Å². The lowest BCUT2D eigenvalue weighted by Crippen LogP contribution is -1.85. The molecule has 70 valence electrons. The van der Waals surface area contributed by atoms with Gasteiger partial charge in [-0.1, -0.05) is 5.16 Å². The summed E-state index contributed by atoms with van der Waals surface area (Å²) in [4.78, 5) is 7.89. The molecule has 0 saturated carbocycles. The zero-order valence-corrected chi connectivity index (χ0v) is 7.14. The average molecular weight is 190 g/mol. The Morgan fingerprint density at radius 2 is 2.50 bits per heavy atom. The van der Waals surface area contributed by atoms with E-state index in [1.807, 2.05) is 6.07 Å². The molecule has 0 bridgehead atoms. The van der Waals surface area contributed by atoms with Crippen LogP contribution in [0.4, 0.5) is 0 Å². The Morgan fingerprint density at radius 3 is 3.21 bits per heavy atom.